The third-order valence-corrected chi connectivity index (χ3v) is 8.14. The highest BCUT2D eigenvalue weighted by molar-refractivity contribution is 5.88. The third-order valence-electron chi connectivity index (χ3n) is 8.14. The molecule has 0 saturated carbocycles. The second kappa shape index (κ2) is 11.0. The minimum absolute atomic E-state index is 0.0406. The Morgan fingerprint density at radius 3 is 2.57 bits per heavy atom. The summed E-state index contributed by atoms with van der Waals surface area (Å²) in [5.74, 6) is 1.04. The van der Waals surface area contributed by atoms with Gasteiger partial charge in [0.05, 0.1) is 25.3 Å². The van der Waals surface area contributed by atoms with E-state index in [-0.39, 0.29) is 29.7 Å². The maximum atomic E-state index is 13.2. The molecule has 2 atom stereocenters. The number of rotatable bonds is 6. The molecular formula is C29H39N5O3. The second-order valence-electron chi connectivity index (χ2n) is 10.6. The van der Waals surface area contributed by atoms with Gasteiger partial charge in [0.15, 0.2) is 0 Å². The number of nitrogen functional groups attached to an aromatic ring is 1. The fourth-order valence-corrected chi connectivity index (χ4v) is 6.24. The van der Waals surface area contributed by atoms with Crippen LogP contribution >= 0.6 is 0 Å². The number of fused-ring (bicyclic) bond motifs is 2. The molecule has 2 unspecified atom stereocenters. The van der Waals surface area contributed by atoms with Gasteiger partial charge in [0.25, 0.3) is 0 Å². The number of amides is 1. The van der Waals surface area contributed by atoms with E-state index in [2.05, 4.69) is 16.8 Å². The molecule has 1 amide bonds. The first-order chi connectivity index (χ1) is 17.9. The van der Waals surface area contributed by atoms with E-state index in [1.165, 1.54) is 19.3 Å². The normalized spacial score (nSPS) is 25.1. The number of hydrogen-bond acceptors (Lipinski definition) is 6. The van der Waals surface area contributed by atoms with Crippen LogP contribution in [0.2, 0.25) is 0 Å². The van der Waals surface area contributed by atoms with Gasteiger partial charge in [-0.2, -0.15) is 0 Å². The fourth-order valence-electron chi connectivity index (χ4n) is 6.24. The van der Waals surface area contributed by atoms with E-state index in [1.807, 2.05) is 23.1 Å². The van der Waals surface area contributed by atoms with E-state index >= 15 is 0 Å². The number of hydrogen-bond donors (Lipinski definition) is 4. The lowest BCUT2D eigenvalue weighted by molar-refractivity contribution is -0.146. The van der Waals surface area contributed by atoms with Crippen LogP contribution in [0.1, 0.15) is 60.4 Å². The molecule has 3 aliphatic rings. The molecule has 0 radical (unpaired) electrons. The van der Waals surface area contributed by atoms with Crippen LogP contribution in [0.4, 0.5) is 5.82 Å². The molecule has 8 heteroatoms. The molecule has 198 valence electrons. The van der Waals surface area contributed by atoms with Gasteiger partial charge in [-0.15, -0.1) is 0 Å². The number of aromatic amines is 1. The SMILES string of the molecule is Cc1c(C2CC3COCC(C2)N3C(=O)/C=C/CN2CCCCC2)[nH]c(N)c1/C=C(\N)c1ccccc1O. The Balaban J connectivity index is 1.30. The van der Waals surface area contributed by atoms with Gasteiger partial charge in [-0.25, -0.2) is 0 Å². The summed E-state index contributed by atoms with van der Waals surface area (Å²) in [6.07, 6.45) is 11.1. The quantitative estimate of drug-likeness (QED) is 0.446. The minimum Gasteiger partial charge on any atom is -0.507 e. The number of piperidine rings is 2. The van der Waals surface area contributed by atoms with Crippen LogP contribution in [-0.4, -0.2) is 70.7 Å². The van der Waals surface area contributed by atoms with E-state index in [0.29, 0.717) is 30.3 Å². The Morgan fingerprint density at radius 1 is 1.16 bits per heavy atom. The van der Waals surface area contributed by atoms with Crippen molar-refractivity contribution in [1.29, 1.82) is 0 Å². The number of nitrogens with zero attached hydrogens (tertiary/aromatic N) is 2. The highest BCUT2D eigenvalue weighted by Gasteiger charge is 2.42. The lowest BCUT2D eigenvalue weighted by Gasteiger charge is -2.48. The van der Waals surface area contributed by atoms with E-state index in [1.54, 1.807) is 24.3 Å². The monoisotopic (exact) mass is 505 g/mol. The maximum absolute atomic E-state index is 13.2. The average Bonchev–Trinajstić information content (AvgIpc) is 3.17. The number of phenols is 1. The number of H-pyrrole nitrogens is 1. The van der Waals surface area contributed by atoms with Crippen molar-refractivity contribution in [2.75, 3.05) is 38.6 Å². The summed E-state index contributed by atoms with van der Waals surface area (Å²) in [7, 11) is 0. The first-order valence-corrected chi connectivity index (χ1v) is 13.4. The Morgan fingerprint density at radius 2 is 1.86 bits per heavy atom. The number of ether oxygens (including phenoxy) is 1. The minimum atomic E-state index is 0.0406. The summed E-state index contributed by atoms with van der Waals surface area (Å²) in [6.45, 7) is 6.25. The number of nitrogens with two attached hydrogens (primary N) is 2. The smallest absolute Gasteiger partial charge is 0.246 e. The number of carbonyl (C=O) groups is 1. The van der Waals surface area contributed by atoms with Crippen LogP contribution in [0.5, 0.6) is 5.75 Å². The summed E-state index contributed by atoms with van der Waals surface area (Å²) in [5.41, 5.74) is 16.8. The predicted octanol–water partition coefficient (Wildman–Crippen LogP) is 3.58. The Bertz CT molecular complexity index is 1170. The molecule has 2 bridgehead atoms. The molecule has 0 spiro atoms. The van der Waals surface area contributed by atoms with Crippen LogP contribution in [-0.2, 0) is 9.53 Å². The van der Waals surface area contributed by atoms with Gasteiger partial charge in [-0.1, -0.05) is 24.6 Å². The molecule has 0 aliphatic carbocycles. The molecule has 3 fully saturated rings. The molecule has 8 nitrogen and oxygen atoms in total. The lowest BCUT2D eigenvalue weighted by Crippen LogP contribution is -2.58. The fraction of sp³-hybridized carbons (Fsp3) is 0.483. The summed E-state index contributed by atoms with van der Waals surface area (Å²) in [6, 6.07) is 7.09. The van der Waals surface area contributed by atoms with E-state index < -0.39 is 0 Å². The standard InChI is InChI=1S/C29H39N5O3/c1-19-24(16-25(30)23-8-3-4-9-26(23)35)29(31)32-28(19)20-14-21-17-37-18-22(15-20)34(21)27(36)10-7-13-33-11-5-2-6-12-33/h3-4,7-10,16,20-22,32,35H,2,5-6,11-15,17-18,30-31H2,1H3/b10-7+,25-16-. The number of morpholine rings is 1. The maximum Gasteiger partial charge on any atom is 0.246 e. The molecule has 3 aliphatic heterocycles. The molecule has 5 rings (SSSR count). The van der Waals surface area contributed by atoms with Gasteiger partial charge in [-0.05, 0) is 69.5 Å². The zero-order chi connectivity index (χ0) is 25.9. The highest BCUT2D eigenvalue weighted by atomic mass is 16.5. The number of aromatic nitrogens is 1. The van der Waals surface area contributed by atoms with Crippen molar-refractivity contribution in [2.24, 2.45) is 5.73 Å². The van der Waals surface area contributed by atoms with Crippen molar-refractivity contribution in [1.82, 2.24) is 14.8 Å². The number of carbonyl (C=O) groups excluding carboxylic acids is 1. The van der Waals surface area contributed by atoms with E-state index in [0.717, 1.165) is 49.3 Å². The van der Waals surface area contributed by atoms with Gasteiger partial charge in [0.1, 0.15) is 11.6 Å². The van der Waals surface area contributed by atoms with E-state index in [4.69, 9.17) is 16.2 Å². The molecule has 1 aromatic heterocycles. The molecular weight excluding hydrogens is 466 g/mol. The number of para-hydroxylation sites is 1. The lowest BCUT2D eigenvalue weighted by atomic mass is 9.81. The number of anilines is 1. The van der Waals surface area contributed by atoms with Crippen LogP contribution in [0.15, 0.2) is 36.4 Å². The molecule has 37 heavy (non-hydrogen) atoms. The molecule has 1 aromatic carbocycles. The topological polar surface area (TPSA) is 121 Å². The van der Waals surface area contributed by atoms with Crippen LogP contribution in [0.25, 0.3) is 11.8 Å². The zero-order valence-corrected chi connectivity index (χ0v) is 21.7. The molecule has 4 heterocycles. The summed E-state index contributed by atoms with van der Waals surface area (Å²) < 4.78 is 5.86. The Labute approximate surface area is 219 Å². The predicted molar refractivity (Wildman–Crippen MR) is 147 cm³/mol. The highest BCUT2D eigenvalue weighted by Crippen LogP contribution is 2.40. The molecule has 6 N–H and O–H groups in total. The van der Waals surface area contributed by atoms with Gasteiger partial charge in [0, 0.05) is 41.1 Å². The first kappa shape index (κ1) is 25.4. The number of likely N-dealkylation sites (tertiary alicyclic amines) is 1. The molecule has 3 saturated heterocycles. The van der Waals surface area contributed by atoms with Crippen molar-refractivity contribution in [3.05, 3.63) is 58.8 Å². The first-order valence-electron chi connectivity index (χ1n) is 13.4. The number of phenolic OH excluding ortho intramolecular Hbond substituents is 1. The van der Waals surface area contributed by atoms with E-state index in [9.17, 15) is 9.90 Å². The van der Waals surface area contributed by atoms with Crippen molar-refractivity contribution in [3.63, 3.8) is 0 Å². The van der Waals surface area contributed by atoms with Gasteiger partial charge >= 0.3 is 0 Å². The van der Waals surface area contributed by atoms with Crippen molar-refractivity contribution in [3.8, 4) is 5.75 Å². The van der Waals surface area contributed by atoms with Gasteiger partial charge in [-0.3, -0.25) is 9.69 Å². The largest absolute Gasteiger partial charge is 0.507 e. The van der Waals surface area contributed by atoms with Crippen LogP contribution < -0.4 is 11.5 Å². The number of aromatic hydroxyl groups is 1. The van der Waals surface area contributed by atoms with Gasteiger partial charge < -0.3 is 31.2 Å². The van der Waals surface area contributed by atoms with Gasteiger partial charge in [0.2, 0.25) is 5.91 Å². The third kappa shape index (κ3) is 5.40. The van der Waals surface area contributed by atoms with Crippen molar-refractivity contribution < 1.29 is 14.6 Å². The average molecular weight is 506 g/mol. The summed E-state index contributed by atoms with van der Waals surface area (Å²) in [5, 5.41) is 10.2. The summed E-state index contributed by atoms with van der Waals surface area (Å²) in [4.78, 5) is 21.1. The zero-order valence-electron chi connectivity index (χ0n) is 21.7. The number of nitrogens with one attached hydrogen (secondary N) is 1. The molecule has 2 aromatic rings. The van der Waals surface area contributed by atoms with Crippen LogP contribution in [0, 0.1) is 6.92 Å². The summed E-state index contributed by atoms with van der Waals surface area (Å²) >= 11 is 0. The Kier molecular flexibility index (Phi) is 7.58. The van der Waals surface area contributed by atoms with Crippen molar-refractivity contribution >= 4 is 23.5 Å². The number of benzene rings is 1. The van der Waals surface area contributed by atoms with Crippen molar-refractivity contribution in [2.45, 2.75) is 57.0 Å². The Hall–Kier alpha value is -3.23. The van der Waals surface area contributed by atoms with Crippen LogP contribution in [0.3, 0.4) is 0 Å². The second-order valence-corrected chi connectivity index (χ2v) is 10.6.